The smallest absolute Gasteiger partial charge is 0.302 e. The quantitative estimate of drug-likeness (QED) is 0.299. The third-order valence-electron chi connectivity index (χ3n) is 13.7. The molecule has 192 valence electrons. The number of rotatable bonds is 2. The molecule has 9 unspecified atom stereocenters. The highest BCUT2D eigenvalue weighted by molar-refractivity contribution is 5.66. The van der Waals surface area contributed by atoms with Gasteiger partial charge >= 0.3 is 5.97 Å². The lowest BCUT2D eigenvalue weighted by molar-refractivity contribution is -0.248. The highest BCUT2D eigenvalue weighted by Gasteiger charge is 2.70. The van der Waals surface area contributed by atoms with Gasteiger partial charge in [0, 0.05) is 12.3 Å². The Balaban J connectivity index is 1.50. The van der Waals surface area contributed by atoms with Crippen molar-refractivity contribution in [3.8, 4) is 0 Å². The zero-order valence-electron chi connectivity index (χ0n) is 23.6. The molecule has 0 aromatic carbocycles. The number of carbonyl (C=O) groups excluding carboxylic acids is 1. The van der Waals surface area contributed by atoms with E-state index in [4.69, 9.17) is 4.74 Å². The summed E-state index contributed by atoms with van der Waals surface area (Å²) in [6, 6.07) is 0. The minimum atomic E-state index is -0.107. The average Bonchev–Trinajstić information content (AvgIpc) is 3.08. The lowest BCUT2D eigenvalue weighted by Crippen LogP contribution is -2.66. The summed E-state index contributed by atoms with van der Waals surface area (Å²) in [6.45, 7) is 23.9. The summed E-state index contributed by atoms with van der Waals surface area (Å²) < 4.78 is 5.91. The fraction of sp³-hybridized carbons (Fsp3) is 0.906. The topological polar surface area (TPSA) is 26.3 Å². The minimum Gasteiger partial charge on any atom is -0.462 e. The molecule has 2 heteroatoms. The van der Waals surface area contributed by atoms with Gasteiger partial charge in [0.2, 0.25) is 0 Å². The summed E-state index contributed by atoms with van der Waals surface area (Å²) in [6.07, 6.45) is 13.4. The van der Waals surface area contributed by atoms with Crippen LogP contribution in [0.4, 0.5) is 0 Å². The number of hydrogen-bond donors (Lipinski definition) is 0. The Morgan fingerprint density at radius 2 is 1.47 bits per heavy atom. The molecule has 34 heavy (non-hydrogen) atoms. The SMILES string of the molecule is C=C(C)C1CCC2(C)CCC3(C)C(CCC4C5(C)CC[C@@H](OC(C)=O)C(C)(C)C5CCC43C)C12. The van der Waals surface area contributed by atoms with Crippen LogP contribution in [0.15, 0.2) is 12.2 Å². The monoisotopic (exact) mass is 468 g/mol. The molecule has 10 atom stereocenters. The molecule has 0 aliphatic heterocycles. The van der Waals surface area contributed by atoms with Gasteiger partial charge in [0.15, 0.2) is 0 Å². The third-order valence-corrected chi connectivity index (χ3v) is 13.7. The van der Waals surface area contributed by atoms with Crippen LogP contribution >= 0.6 is 0 Å². The molecule has 0 spiro atoms. The van der Waals surface area contributed by atoms with Crippen LogP contribution in [0.1, 0.15) is 120 Å². The van der Waals surface area contributed by atoms with E-state index in [0.29, 0.717) is 27.6 Å². The van der Waals surface area contributed by atoms with Gasteiger partial charge in [-0.2, -0.15) is 0 Å². The van der Waals surface area contributed by atoms with Crippen molar-refractivity contribution in [1.82, 2.24) is 0 Å². The second-order valence-electron chi connectivity index (χ2n) is 15.3. The molecule has 0 N–H and O–H groups in total. The van der Waals surface area contributed by atoms with Gasteiger partial charge in [-0.05, 0) is 122 Å². The van der Waals surface area contributed by atoms with Gasteiger partial charge in [0.05, 0.1) is 0 Å². The van der Waals surface area contributed by atoms with Crippen molar-refractivity contribution in [3.05, 3.63) is 12.2 Å². The summed E-state index contributed by atoms with van der Waals surface area (Å²) in [5.74, 6) is 3.74. The van der Waals surface area contributed by atoms with Crippen LogP contribution in [0, 0.1) is 56.7 Å². The summed E-state index contributed by atoms with van der Waals surface area (Å²) >= 11 is 0. The Morgan fingerprint density at radius 3 is 2.12 bits per heavy atom. The third kappa shape index (κ3) is 3.08. The molecule has 0 bridgehead atoms. The second-order valence-corrected chi connectivity index (χ2v) is 15.3. The Kier molecular flexibility index (Phi) is 5.57. The maximum atomic E-state index is 11.9. The van der Waals surface area contributed by atoms with Gasteiger partial charge < -0.3 is 4.74 Å². The highest BCUT2D eigenvalue weighted by Crippen LogP contribution is 2.77. The number of ether oxygens (including phenoxy) is 1. The van der Waals surface area contributed by atoms with E-state index >= 15 is 0 Å². The number of hydrogen-bond acceptors (Lipinski definition) is 2. The maximum absolute atomic E-state index is 11.9. The molecule has 5 aliphatic rings. The van der Waals surface area contributed by atoms with Crippen LogP contribution in [0.25, 0.3) is 0 Å². The first kappa shape index (κ1) is 24.9. The largest absolute Gasteiger partial charge is 0.462 e. The number of fused-ring (bicyclic) bond motifs is 7. The predicted octanol–water partition coefficient (Wildman–Crippen LogP) is 8.60. The highest BCUT2D eigenvalue weighted by atomic mass is 16.5. The molecule has 0 saturated heterocycles. The Labute approximate surface area is 210 Å². The lowest BCUT2D eigenvalue weighted by atomic mass is 9.32. The van der Waals surface area contributed by atoms with Crippen molar-refractivity contribution in [1.29, 1.82) is 0 Å². The van der Waals surface area contributed by atoms with Crippen molar-refractivity contribution >= 4 is 5.97 Å². The standard InChI is InChI=1S/C32H52O2/c1-20(2)22-12-15-29(6)18-19-31(8)23(27(22)29)10-11-25-30(7)16-14-26(34-21(3)33)28(4,5)24(30)13-17-32(25,31)9/h22-27H,1,10-19H2,2-9H3/t22?,23?,24?,25?,26-,27?,29?,30?,31?,32?/m1/s1. The van der Waals surface area contributed by atoms with E-state index < -0.39 is 0 Å². The van der Waals surface area contributed by atoms with Gasteiger partial charge in [0.1, 0.15) is 6.10 Å². The Hall–Kier alpha value is -0.790. The van der Waals surface area contributed by atoms with E-state index in [1.807, 2.05) is 0 Å². The van der Waals surface area contributed by atoms with Gasteiger partial charge in [-0.25, -0.2) is 0 Å². The van der Waals surface area contributed by atoms with Crippen LogP contribution in [-0.4, -0.2) is 12.1 Å². The molecule has 5 saturated carbocycles. The van der Waals surface area contributed by atoms with Crippen molar-refractivity contribution in [2.24, 2.45) is 56.7 Å². The molecule has 0 aromatic rings. The first-order valence-electron chi connectivity index (χ1n) is 14.5. The molecule has 0 radical (unpaired) electrons. The number of allylic oxidation sites excluding steroid dienone is 1. The van der Waals surface area contributed by atoms with Crippen LogP contribution in [-0.2, 0) is 9.53 Å². The number of carbonyl (C=O) groups is 1. The van der Waals surface area contributed by atoms with Crippen molar-refractivity contribution in [3.63, 3.8) is 0 Å². The van der Waals surface area contributed by atoms with Gasteiger partial charge in [-0.15, -0.1) is 0 Å². The molecular weight excluding hydrogens is 416 g/mol. The lowest BCUT2D eigenvalue weighted by Gasteiger charge is -2.73. The summed E-state index contributed by atoms with van der Waals surface area (Å²) in [5, 5.41) is 0. The molecule has 5 aliphatic carbocycles. The summed E-state index contributed by atoms with van der Waals surface area (Å²) in [5.41, 5.74) is 3.23. The van der Waals surface area contributed by atoms with Crippen molar-refractivity contribution in [2.45, 2.75) is 126 Å². The first-order valence-corrected chi connectivity index (χ1v) is 14.5. The minimum absolute atomic E-state index is 0.0550. The molecule has 2 nitrogen and oxygen atoms in total. The van der Waals surface area contributed by atoms with Crippen molar-refractivity contribution < 1.29 is 9.53 Å². The fourth-order valence-corrected chi connectivity index (χ4v) is 11.9. The fourth-order valence-electron chi connectivity index (χ4n) is 11.9. The van der Waals surface area contributed by atoms with Crippen LogP contribution < -0.4 is 0 Å². The van der Waals surface area contributed by atoms with Crippen LogP contribution in [0.3, 0.4) is 0 Å². The maximum Gasteiger partial charge on any atom is 0.302 e. The molecule has 5 rings (SSSR count). The van der Waals surface area contributed by atoms with Gasteiger partial charge in [-0.1, -0.05) is 53.7 Å². The average molecular weight is 469 g/mol. The number of esters is 1. The van der Waals surface area contributed by atoms with E-state index in [0.717, 1.165) is 30.1 Å². The zero-order chi connectivity index (χ0) is 24.9. The van der Waals surface area contributed by atoms with E-state index in [9.17, 15) is 4.79 Å². The van der Waals surface area contributed by atoms with E-state index in [2.05, 4.69) is 55.0 Å². The summed E-state index contributed by atoms with van der Waals surface area (Å²) in [4.78, 5) is 11.9. The Morgan fingerprint density at radius 1 is 0.765 bits per heavy atom. The van der Waals surface area contributed by atoms with Gasteiger partial charge in [-0.3, -0.25) is 4.79 Å². The normalized spacial score (nSPS) is 53.6. The molecular formula is C32H52O2. The zero-order valence-corrected chi connectivity index (χ0v) is 23.6. The van der Waals surface area contributed by atoms with E-state index in [1.54, 1.807) is 6.92 Å². The van der Waals surface area contributed by atoms with Crippen molar-refractivity contribution in [2.75, 3.05) is 0 Å². The summed E-state index contributed by atoms with van der Waals surface area (Å²) in [7, 11) is 0. The molecule has 0 aromatic heterocycles. The molecule has 5 fully saturated rings. The van der Waals surface area contributed by atoms with E-state index in [-0.39, 0.29) is 17.5 Å². The first-order chi connectivity index (χ1) is 15.7. The van der Waals surface area contributed by atoms with E-state index in [1.165, 1.54) is 63.4 Å². The second kappa shape index (κ2) is 7.61. The molecule has 0 amide bonds. The van der Waals surface area contributed by atoms with Crippen LogP contribution in [0.5, 0.6) is 0 Å². The van der Waals surface area contributed by atoms with Gasteiger partial charge in [0.25, 0.3) is 0 Å². The molecule has 0 heterocycles. The predicted molar refractivity (Wildman–Crippen MR) is 140 cm³/mol. The Bertz CT molecular complexity index is 872. The van der Waals surface area contributed by atoms with Crippen LogP contribution in [0.2, 0.25) is 0 Å².